The van der Waals surface area contributed by atoms with E-state index >= 15 is 0 Å². The van der Waals surface area contributed by atoms with Gasteiger partial charge in [-0.15, -0.1) is 25.6 Å². The summed E-state index contributed by atoms with van der Waals surface area (Å²) in [5.74, 6) is 0.760. The minimum atomic E-state index is -4.71. The number of nitrogens with one attached hydrogen (secondary N) is 1. The van der Waals surface area contributed by atoms with Crippen LogP contribution in [0.2, 0.25) is 0 Å². The number of rotatable bonds is 7. The molecule has 0 spiro atoms. The Labute approximate surface area is 144 Å². The largest absolute Gasteiger partial charge is 0.573 e. The molecule has 1 N–H and O–H groups in total. The van der Waals surface area contributed by atoms with E-state index in [0.717, 1.165) is 0 Å². The van der Waals surface area contributed by atoms with E-state index in [1.807, 2.05) is 14.0 Å². The first-order chi connectivity index (χ1) is 10.9. The number of hydrogen-bond donors (Lipinski definition) is 1. The molecule has 0 saturated heterocycles. The highest BCUT2D eigenvalue weighted by atomic mass is 35.5. The summed E-state index contributed by atoms with van der Waals surface area (Å²) in [6.45, 7) is 1.99. The SMILES string of the molecule is CNC(C)Cc1noc(CCc2ccccc2OC(F)(F)F)n1.Cl. The van der Waals surface area contributed by atoms with E-state index in [4.69, 9.17) is 4.52 Å². The maximum absolute atomic E-state index is 12.4. The van der Waals surface area contributed by atoms with Gasteiger partial charge in [-0.25, -0.2) is 0 Å². The van der Waals surface area contributed by atoms with Gasteiger partial charge < -0.3 is 14.6 Å². The van der Waals surface area contributed by atoms with Crippen molar-refractivity contribution in [3.8, 4) is 5.75 Å². The fourth-order valence-electron chi connectivity index (χ4n) is 2.03. The van der Waals surface area contributed by atoms with Gasteiger partial charge in [0.2, 0.25) is 5.89 Å². The number of benzene rings is 1. The zero-order valence-corrected chi connectivity index (χ0v) is 14.1. The lowest BCUT2D eigenvalue weighted by molar-refractivity contribution is -0.274. The molecule has 134 valence electrons. The molecule has 2 rings (SSSR count). The normalized spacial score (nSPS) is 12.5. The van der Waals surface area contributed by atoms with Crippen molar-refractivity contribution in [3.05, 3.63) is 41.5 Å². The number of hydrogen-bond acceptors (Lipinski definition) is 5. The van der Waals surface area contributed by atoms with E-state index in [1.54, 1.807) is 12.1 Å². The number of alkyl halides is 3. The van der Waals surface area contributed by atoms with E-state index in [0.29, 0.717) is 36.5 Å². The fraction of sp³-hybridized carbons (Fsp3) is 0.467. The van der Waals surface area contributed by atoms with Gasteiger partial charge >= 0.3 is 6.36 Å². The summed E-state index contributed by atoms with van der Waals surface area (Å²) < 4.78 is 46.3. The van der Waals surface area contributed by atoms with Crippen LogP contribution in [0.3, 0.4) is 0 Å². The average Bonchev–Trinajstić information content (AvgIpc) is 2.92. The summed E-state index contributed by atoms with van der Waals surface area (Å²) >= 11 is 0. The predicted molar refractivity (Wildman–Crippen MR) is 84.3 cm³/mol. The Morgan fingerprint density at radius 1 is 1.25 bits per heavy atom. The summed E-state index contributed by atoms with van der Waals surface area (Å²) in [6, 6.07) is 6.24. The first-order valence-corrected chi connectivity index (χ1v) is 7.19. The van der Waals surface area contributed by atoms with Crippen LogP contribution in [0, 0.1) is 0 Å². The van der Waals surface area contributed by atoms with Gasteiger partial charge in [-0.1, -0.05) is 23.4 Å². The highest BCUT2D eigenvalue weighted by molar-refractivity contribution is 5.85. The van der Waals surface area contributed by atoms with Gasteiger partial charge in [0.15, 0.2) is 5.82 Å². The predicted octanol–water partition coefficient (Wildman–Crippen LogP) is 3.33. The zero-order valence-electron chi connectivity index (χ0n) is 13.3. The molecule has 1 atom stereocenters. The van der Waals surface area contributed by atoms with Crippen LogP contribution in [-0.4, -0.2) is 29.6 Å². The van der Waals surface area contributed by atoms with E-state index in [2.05, 4.69) is 20.2 Å². The Morgan fingerprint density at radius 2 is 1.96 bits per heavy atom. The average molecular weight is 366 g/mol. The topological polar surface area (TPSA) is 60.2 Å². The number of ether oxygens (including phenoxy) is 1. The summed E-state index contributed by atoms with van der Waals surface area (Å²) in [7, 11) is 1.84. The second-order valence-electron chi connectivity index (χ2n) is 5.15. The minimum absolute atomic E-state index is 0. The molecule has 0 radical (unpaired) electrons. The van der Waals surface area contributed by atoms with Crippen LogP contribution in [0.1, 0.15) is 24.2 Å². The molecule has 5 nitrogen and oxygen atoms in total. The minimum Gasteiger partial charge on any atom is -0.406 e. The van der Waals surface area contributed by atoms with Crippen LogP contribution in [0.5, 0.6) is 5.75 Å². The molecule has 1 heterocycles. The van der Waals surface area contributed by atoms with Crippen LogP contribution in [0.4, 0.5) is 13.2 Å². The zero-order chi connectivity index (χ0) is 16.9. The Kier molecular flexibility index (Phi) is 7.50. The molecule has 0 amide bonds. The monoisotopic (exact) mass is 365 g/mol. The molecule has 1 unspecified atom stereocenters. The number of halogens is 4. The molecule has 0 bridgehead atoms. The number of aryl methyl sites for hydroxylation is 2. The standard InChI is InChI=1S/C15H18F3N3O2.ClH/c1-10(19-2)9-13-20-14(23-21-13)8-7-11-5-3-4-6-12(11)22-15(16,17)18;/h3-6,10,19H,7-9H2,1-2H3;1H. The first kappa shape index (κ1) is 20.2. The van der Waals surface area contributed by atoms with Crippen LogP contribution in [0.25, 0.3) is 0 Å². The Balaban J connectivity index is 0.00000288. The lowest BCUT2D eigenvalue weighted by Gasteiger charge is -2.12. The number of aromatic nitrogens is 2. The Morgan fingerprint density at radius 3 is 2.62 bits per heavy atom. The van der Waals surface area contributed by atoms with E-state index in [-0.39, 0.29) is 24.2 Å². The fourth-order valence-corrected chi connectivity index (χ4v) is 2.03. The maximum atomic E-state index is 12.4. The third-order valence-electron chi connectivity index (χ3n) is 3.30. The van der Waals surface area contributed by atoms with Gasteiger partial charge in [0.05, 0.1) is 0 Å². The van der Waals surface area contributed by atoms with E-state index < -0.39 is 6.36 Å². The maximum Gasteiger partial charge on any atom is 0.573 e. The number of para-hydroxylation sites is 1. The van der Waals surface area contributed by atoms with Crippen molar-refractivity contribution < 1.29 is 22.4 Å². The first-order valence-electron chi connectivity index (χ1n) is 7.19. The van der Waals surface area contributed by atoms with Crippen LogP contribution >= 0.6 is 12.4 Å². The van der Waals surface area contributed by atoms with E-state index in [9.17, 15) is 13.2 Å². The second-order valence-corrected chi connectivity index (χ2v) is 5.15. The third kappa shape index (κ3) is 6.37. The molecule has 24 heavy (non-hydrogen) atoms. The lowest BCUT2D eigenvalue weighted by atomic mass is 10.1. The molecular weight excluding hydrogens is 347 g/mol. The van der Waals surface area contributed by atoms with Crippen molar-refractivity contribution >= 4 is 12.4 Å². The summed E-state index contributed by atoms with van der Waals surface area (Å²) in [4.78, 5) is 4.24. The molecule has 0 aliphatic carbocycles. The van der Waals surface area contributed by atoms with E-state index in [1.165, 1.54) is 12.1 Å². The smallest absolute Gasteiger partial charge is 0.406 e. The summed E-state index contributed by atoms with van der Waals surface area (Å²) in [5, 5.41) is 6.93. The van der Waals surface area contributed by atoms with Crippen LogP contribution < -0.4 is 10.1 Å². The third-order valence-corrected chi connectivity index (χ3v) is 3.30. The van der Waals surface area contributed by atoms with Crippen molar-refractivity contribution in [1.82, 2.24) is 15.5 Å². The van der Waals surface area contributed by atoms with Gasteiger partial charge in [-0.3, -0.25) is 0 Å². The molecular formula is C15H19ClF3N3O2. The van der Waals surface area contributed by atoms with Crippen molar-refractivity contribution in [2.24, 2.45) is 0 Å². The molecule has 2 aromatic rings. The van der Waals surface area contributed by atoms with Crippen molar-refractivity contribution in [2.75, 3.05) is 7.05 Å². The molecule has 1 aromatic heterocycles. The van der Waals surface area contributed by atoms with Gasteiger partial charge in [0, 0.05) is 18.9 Å². The van der Waals surface area contributed by atoms with Gasteiger partial charge in [0.1, 0.15) is 5.75 Å². The lowest BCUT2D eigenvalue weighted by Crippen LogP contribution is -2.24. The van der Waals surface area contributed by atoms with Crippen molar-refractivity contribution in [1.29, 1.82) is 0 Å². The molecule has 0 saturated carbocycles. The second kappa shape index (κ2) is 8.89. The Hall–Kier alpha value is -1.80. The van der Waals surface area contributed by atoms with Gasteiger partial charge in [-0.05, 0) is 32.0 Å². The summed E-state index contributed by atoms with van der Waals surface area (Å²) in [6.07, 6.45) is -3.43. The van der Waals surface area contributed by atoms with Crippen molar-refractivity contribution in [3.63, 3.8) is 0 Å². The van der Waals surface area contributed by atoms with Crippen LogP contribution in [-0.2, 0) is 19.3 Å². The van der Waals surface area contributed by atoms with Gasteiger partial charge in [0.25, 0.3) is 0 Å². The highest BCUT2D eigenvalue weighted by Gasteiger charge is 2.31. The highest BCUT2D eigenvalue weighted by Crippen LogP contribution is 2.27. The van der Waals surface area contributed by atoms with Crippen LogP contribution in [0.15, 0.2) is 28.8 Å². The molecule has 0 aliphatic rings. The van der Waals surface area contributed by atoms with Gasteiger partial charge in [-0.2, -0.15) is 4.98 Å². The summed E-state index contributed by atoms with van der Waals surface area (Å²) in [5.41, 5.74) is 0.438. The number of nitrogens with zero attached hydrogens (tertiary/aromatic N) is 2. The molecule has 0 aliphatic heterocycles. The molecule has 1 aromatic carbocycles. The molecule has 9 heteroatoms. The molecule has 0 fully saturated rings. The number of likely N-dealkylation sites (N-methyl/N-ethyl adjacent to an activating group) is 1. The Bertz CT molecular complexity index is 634. The van der Waals surface area contributed by atoms with Crippen molar-refractivity contribution in [2.45, 2.75) is 38.6 Å². The quantitative estimate of drug-likeness (QED) is 0.815.